The summed E-state index contributed by atoms with van der Waals surface area (Å²) in [6, 6.07) is 12.2. The Labute approximate surface area is 173 Å². The Morgan fingerprint density at radius 2 is 1.93 bits per heavy atom. The highest BCUT2D eigenvalue weighted by atomic mass is 16.2. The Bertz CT molecular complexity index is 863. The van der Waals surface area contributed by atoms with Crippen LogP contribution in [-0.2, 0) is 16.0 Å². The summed E-state index contributed by atoms with van der Waals surface area (Å²) < 4.78 is 0. The van der Waals surface area contributed by atoms with E-state index in [1.54, 1.807) is 25.2 Å². The van der Waals surface area contributed by atoms with E-state index in [9.17, 15) is 9.59 Å². The molecular formula is C24H31N3O2. The highest BCUT2D eigenvalue weighted by Gasteiger charge is 2.46. The maximum Gasteiger partial charge on any atom is 0.230 e. The Kier molecular flexibility index (Phi) is 6.36. The molecule has 154 valence electrons. The number of carbonyl (C=O) groups is 2. The fraction of sp³-hybridized carbons (Fsp3) is 0.458. The zero-order chi connectivity index (χ0) is 21.0. The molecule has 1 fully saturated rings. The van der Waals surface area contributed by atoms with Crippen molar-refractivity contribution < 1.29 is 9.59 Å². The number of benzene rings is 1. The average molecular weight is 394 g/mol. The van der Waals surface area contributed by atoms with Crippen LogP contribution in [0, 0.1) is 11.3 Å². The molecule has 1 atom stereocenters. The summed E-state index contributed by atoms with van der Waals surface area (Å²) >= 11 is 0. The second kappa shape index (κ2) is 8.76. The van der Waals surface area contributed by atoms with Gasteiger partial charge < -0.3 is 9.80 Å². The summed E-state index contributed by atoms with van der Waals surface area (Å²) in [5.74, 6) is 0.556. The van der Waals surface area contributed by atoms with Crippen molar-refractivity contribution in [1.82, 2.24) is 14.8 Å². The Balaban J connectivity index is 1.93. The molecule has 0 N–H and O–H groups in total. The van der Waals surface area contributed by atoms with Gasteiger partial charge in [0.1, 0.15) is 0 Å². The van der Waals surface area contributed by atoms with Gasteiger partial charge in [-0.05, 0) is 36.0 Å². The molecule has 1 saturated heterocycles. The van der Waals surface area contributed by atoms with Crippen LogP contribution in [0.3, 0.4) is 0 Å². The number of amides is 2. The first-order valence-corrected chi connectivity index (χ1v) is 10.3. The second-order valence-corrected chi connectivity index (χ2v) is 8.72. The molecule has 5 heteroatoms. The molecule has 0 saturated carbocycles. The number of likely N-dealkylation sites (tertiary alicyclic amines) is 1. The van der Waals surface area contributed by atoms with Gasteiger partial charge in [0.05, 0.1) is 5.41 Å². The van der Waals surface area contributed by atoms with Gasteiger partial charge in [-0.25, -0.2) is 0 Å². The fourth-order valence-corrected chi connectivity index (χ4v) is 4.28. The van der Waals surface area contributed by atoms with Crippen molar-refractivity contribution >= 4 is 11.8 Å². The van der Waals surface area contributed by atoms with Crippen LogP contribution in [0.4, 0.5) is 0 Å². The molecule has 0 radical (unpaired) electrons. The molecule has 0 bridgehead atoms. The monoisotopic (exact) mass is 393 g/mol. The molecular weight excluding hydrogens is 362 g/mol. The quantitative estimate of drug-likeness (QED) is 0.753. The van der Waals surface area contributed by atoms with Crippen LogP contribution in [0.5, 0.6) is 0 Å². The van der Waals surface area contributed by atoms with Crippen molar-refractivity contribution in [2.45, 2.75) is 33.1 Å². The van der Waals surface area contributed by atoms with E-state index in [1.807, 2.05) is 35.4 Å². The maximum absolute atomic E-state index is 13.3. The lowest BCUT2D eigenvalue weighted by molar-refractivity contribution is -0.139. The molecule has 2 amide bonds. The average Bonchev–Trinajstić information content (AvgIpc) is 3.13. The van der Waals surface area contributed by atoms with Crippen molar-refractivity contribution in [3.8, 4) is 11.1 Å². The Morgan fingerprint density at radius 3 is 2.59 bits per heavy atom. The van der Waals surface area contributed by atoms with Crippen LogP contribution in [0.25, 0.3) is 11.1 Å². The van der Waals surface area contributed by atoms with Crippen LogP contribution in [0.2, 0.25) is 0 Å². The second-order valence-electron chi connectivity index (χ2n) is 8.72. The fourth-order valence-electron chi connectivity index (χ4n) is 4.28. The Morgan fingerprint density at radius 1 is 1.17 bits per heavy atom. The van der Waals surface area contributed by atoms with Crippen molar-refractivity contribution in [1.29, 1.82) is 0 Å². The summed E-state index contributed by atoms with van der Waals surface area (Å²) in [6.45, 7) is 5.23. The lowest BCUT2D eigenvalue weighted by Gasteiger charge is -2.32. The zero-order valence-electron chi connectivity index (χ0n) is 17.9. The maximum atomic E-state index is 13.3. The number of carbonyl (C=O) groups excluding carboxylic acids is 2. The third-order valence-corrected chi connectivity index (χ3v) is 5.67. The zero-order valence-corrected chi connectivity index (χ0v) is 17.9. The third kappa shape index (κ3) is 4.66. The molecule has 3 rings (SSSR count). The molecule has 1 aliphatic heterocycles. The first kappa shape index (κ1) is 21.0. The molecule has 0 spiro atoms. The summed E-state index contributed by atoms with van der Waals surface area (Å²) in [5, 5.41) is 0. The van der Waals surface area contributed by atoms with Gasteiger partial charge in [-0.1, -0.05) is 44.2 Å². The summed E-state index contributed by atoms with van der Waals surface area (Å²) in [4.78, 5) is 33.8. The van der Waals surface area contributed by atoms with E-state index in [2.05, 4.69) is 31.0 Å². The van der Waals surface area contributed by atoms with E-state index in [0.717, 1.165) is 16.7 Å². The summed E-state index contributed by atoms with van der Waals surface area (Å²) in [6.07, 6.45) is 5.44. The summed E-state index contributed by atoms with van der Waals surface area (Å²) in [7, 11) is 3.60. The Hall–Kier alpha value is -2.69. The third-order valence-electron chi connectivity index (χ3n) is 5.67. The van der Waals surface area contributed by atoms with Crippen molar-refractivity contribution in [3.63, 3.8) is 0 Å². The summed E-state index contributed by atoms with van der Waals surface area (Å²) in [5.41, 5.74) is 2.67. The number of rotatable bonds is 6. The normalized spacial score (nSPS) is 18.9. The van der Waals surface area contributed by atoms with Crippen molar-refractivity contribution in [2.24, 2.45) is 11.3 Å². The van der Waals surface area contributed by atoms with E-state index in [0.29, 0.717) is 38.3 Å². The molecule has 1 aliphatic rings. The number of nitrogens with zero attached hydrogens (tertiary/aromatic N) is 3. The number of hydrogen-bond donors (Lipinski definition) is 0. The van der Waals surface area contributed by atoms with E-state index in [4.69, 9.17) is 0 Å². The lowest BCUT2D eigenvalue weighted by Crippen LogP contribution is -2.44. The van der Waals surface area contributed by atoms with E-state index in [1.165, 1.54) is 0 Å². The molecule has 2 aromatic rings. The van der Waals surface area contributed by atoms with Gasteiger partial charge in [0.15, 0.2) is 0 Å². The van der Waals surface area contributed by atoms with Crippen LogP contribution >= 0.6 is 0 Å². The topological polar surface area (TPSA) is 53.5 Å². The molecule has 2 heterocycles. The van der Waals surface area contributed by atoms with Gasteiger partial charge in [-0.2, -0.15) is 0 Å². The smallest absolute Gasteiger partial charge is 0.230 e. The minimum Gasteiger partial charge on any atom is -0.348 e. The van der Waals surface area contributed by atoms with Crippen molar-refractivity contribution in [3.05, 3.63) is 54.4 Å². The van der Waals surface area contributed by atoms with Gasteiger partial charge in [0.25, 0.3) is 0 Å². The highest BCUT2D eigenvalue weighted by Crippen LogP contribution is 2.38. The van der Waals surface area contributed by atoms with E-state index >= 15 is 0 Å². The number of hydrogen-bond acceptors (Lipinski definition) is 3. The minimum atomic E-state index is -0.589. The van der Waals surface area contributed by atoms with E-state index in [-0.39, 0.29) is 11.8 Å². The van der Waals surface area contributed by atoms with Gasteiger partial charge in [-0.15, -0.1) is 0 Å². The molecule has 5 nitrogen and oxygen atoms in total. The lowest BCUT2D eigenvalue weighted by atomic mass is 9.78. The molecule has 29 heavy (non-hydrogen) atoms. The van der Waals surface area contributed by atoms with Crippen LogP contribution in [0.1, 0.15) is 32.3 Å². The molecule has 0 aliphatic carbocycles. The molecule has 1 aromatic carbocycles. The molecule has 1 aromatic heterocycles. The van der Waals surface area contributed by atoms with Gasteiger partial charge in [0, 0.05) is 51.6 Å². The predicted octanol–water partition coefficient (Wildman–Crippen LogP) is 3.64. The van der Waals surface area contributed by atoms with Crippen LogP contribution < -0.4 is 0 Å². The first-order valence-electron chi connectivity index (χ1n) is 10.3. The van der Waals surface area contributed by atoms with Crippen LogP contribution in [0.15, 0.2) is 48.8 Å². The van der Waals surface area contributed by atoms with Gasteiger partial charge in [0.2, 0.25) is 11.8 Å². The number of pyridine rings is 1. The SMILES string of the molecule is CC(C)CC(=O)N1CC[C@@](Cc2ccccc2-c2cccnc2)(C(=O)N(C)C)C1. The van der Waals surface area contributed by atoms with Crippen molar-refractivity contribution in [2.75, 3.05) is 27.2 Å². The standard InChI is InChI=1S/C24H31N3O2/c1-18(2)14-22(28)27-13-11-24(17-27,23(29)26(3)4)15-19-8-5-6-10-21(19)20-9-7-12-25-16-20/h5-10,12,16,18H,11,13-15,17H2,1-4H3/t24-/m0/s1. The largest absolute Gasteiger partial charge is 0.348 e. The highest BCUT2D eigenvalue weighted by molar-refractivity contribution is 5.86. The first-order chi connectivity index (χ1) is 13.8. The number of aromatic nitrogens is 1. The predicted molar refractivity (Wildman–Crippen MR) is 115 cm³/mol. The minimum absolute atomic E-state index is 0.0957. The van der Waals surface area contributed by atoms with E-state index < -0.39 is 5.41 Å². The van der Waals surface area contributed by atoms with Gasteiger partial charge in [-0.3, -0.25) is 14.6 Å². The molecule has 0 unspecified atom stereocenters. The van der Waals surface area contributed by atoms with Crippen LogP contribution in [-0.4, -0.2) is 53.8 Å². The van der Waals surface area contributed by atoms with Gasteiger partial charge >= 0.3 is 0 Å².